The van der Waals surface area contributed by atoms with E-state index in [1.165, 1.54) is 30.6 Å². The van der Waals surface area contributed by atoms with Crippen LogP contribution in [0.2, 0.25) is 5.02 Å². The number of benzene rings is 2. The van der Waals surface area contributed by atoms with Gasteiger partial charge in [-0.1, -0.05) is 23.7 Å². The molecule has 2 heterocycles. The largest absolute Gasteiger partial charge is 0.439 e. The predicted molar refractivity (Wildman–Crippen MR) is 113 cm³/mol. The number of ether oxygens (including phenoxy) is 1. The first-order chi connectivity index (χ1) is 15.4. The number of nitrogens with zero attached hydrogens (tertiary/aromatic N) is 3. The summed E-state index contributed by atoms with van der Waals surface area (Å²) in [5.74, 6) is -1.53. The average molecular weight is 459 g/mol. The van der Waals surface area contributed by atoms with Gasteiger partial charge in [-0.05, 0) is 29.8 Å². The Hall–Kier alpha value is -3.85. The van der Waals surface area contributed by atoms with E-state index in [9.17, 15) is 18.0 Å². The van der Waals surface area contributed by atoms with Crippen LogP contribution in [-0.2, 0) is 6.54 Å². The predicted octanol–water partition coefficient (Wildman–Crippen LogP) is 5.10. The Morgan fingerprint density at radius 1 is 1.00 bits per heavy atom. The Morgan fingerprint density at radius 3 is 2.53 bits per heavy atom. The van der Waals surface area contributed by atoms with Crippen LogP contribution in [0.25, 0.3) is 5.69 Å². The summed E-state index contributed by atoms with van der Waals surface area (Å²) in [5, 5.41) is 6.66. The van der Waals surface area contributed by atoms with E-state index in [-0.39, 0.29) is 28.8 Å². The van der Waals surface area contributed by atoms with Gasteiger partial charge < -0.3 is 10.1 Å². The lowest BCUT2D eigenvalue weighted by molar-refractivity contribution is 0.458. The van der Waals surface area contributed by atoms with Crippen molar-refractivity contribution >= 4 is 17.3 Å². The molecule has 0 amide bonds. The summed E-state index contributed by atoms with van der Waals surface area (Å²) in [6.07, 6.45) is 2.81. The molecular formula is C22H14ClF3N4O2. The highest BCUT2D eigenvalue weighted by Crippen LogP contribution is 2.22. The minimum atomic E-state index is -0.942. The summed E-state index contributed by atoms with van der Waals surface area (Å²) < 4.78 is 46.5. The van der Waals surface area contributed by atoms with E-state index in [2.05, 4.69) is 15.4 Å². The summed E-state index contributed by atoms with van der Waals surface area (Å²) in [6.45, 7) is 0.253. The van der Waals surface area contributed by atoms with Gasteiger partial charge in [-0.25, -0.2) is 18.2 Å². The van der Waals surface area contributed by atoms with Crippen LogP contribution in [0, 0.1) is 17.5 Å². The molecule has 2 aromatic heterocycles. The van der Waals surface area contributed by atoms with Crippen LogP contribution < -0.4 is 15.6 Å². The fourth-order valence-electron chi connectivity index (χ4n) is 2.81. The maximum absolute atomic E-state index is 14.0. The maximum atomic E-state index is 14.0. The van der Waals surface area contributed by atoms with Crippen LogP contribution >= 0.6 is 11.6 Å². The zero-order valence-corrected chi connectivity index (χ0v) is 17.0. The Morgan fingerprint density at radius 2 is 1.81 bits per heavy atom. The number of hydrogen-bond acceptors (Lipinski definition) is 5. The van der Waals surface area contributed by atoms with Crippen molar-refractivity contribution in [2.45, 2.75) is 6.54 Å². The summed E-state index contributed by atoms with van der Waals surface area (Å²) in [6, 6.07) is 11.8. The highest BCUT2D eigenvalue weighted by atomic mass is 35.5. The van der Waals surface area contributed by atoms with Crippen molar-refractivity contribution in [1.82, 2.24) is 14.8 Å². The van der Waals surface area contributed by atoms with E-state index in [1.807, 2.05) is 0 Å². The second kappa shape index (κ2) is 9.11. The van der Waals surface area contributed by atoms with Crippen LogP contribution in [0.15, 0.2) is 71.8 Å². The third-order valence-electron chi connectivity index (χ3n) is 4.36. The molecule has 2 aromatic carbocycles. The molecule has 0 aliphatic rings. The standard InChI is InChI=1S/C22H14ClF3N4O2/c23-21-18(12-29-30(22(21)31)19-6-5-15(25)9-17(19)26)27-10-13-4-7-20(28-11-13)32-16-3-1-2-14(24)8-16/h1-9,11-12,27H,10H2. The number of halogens is 4. The molecule has 4 aromatic rings. The van der Waals surface area contributed by atoms with Gasteiger partial charge in [0.25, 0.3) is 5.56 Å². The quantitative estimate of drug-likeness (QED) is 0.435. The van der Waals surface area contributed by atoms with Gasteiger partial charge in [-0.2, -0.15) is 9.78 Å². The van der Waals surface area contributed by atoms with Crippen LogP contribution in [0.1, 0.15) is 5.56 Å². The molecular weight excluding hydrogens is 445 g/mol. The van der Waals surface area contributed by atoms with Gasteiger partial charge >= 0.3 is 0 Å². The van der Waals surface area contributed by atoms with E-state index >= 15 is 0 Å². The lowest BCUT2D eigenvalue weighted by Gasteiger charge is -2.11. The van der Waals surface area contributed by atoms with Gasteiger partial charge in [0.15, 0.2) is 5.82 Å². The second-order valence-corrected chi connectivity index (χ2v) is 6.98. The number of hydrogen-bond donors (Lipinski definition) is 1. The molecule has 0 aliphatic heterocycles. The highest BCUT2D eigenvalue weighted by molar-refractivity contribution is 6.32. The fourth-order valence-corrected chi connectivity index (χ4v) is 3.00. The van der Waals surface area contributed by atoms with E-state index in [4.69, 9.17) is 16.3 Å². The molecule has 162 valence electrons. The number of aromatic nitrogens is 3. The summed E-state index contributed by atoms with van der Waals surface area (Å²) >= 11 is 6.13. The number of anilines is 1. The molecule has 6 nitrogen and oxygen atoms in total. The third-order valence-corrected chi connectivity index (χ3v) is 4.72. The van der Waals surface area contributed by atoms with Crippen LogP contribution in [0.5, 0.6) is 11.6 Å². The van der Waals surface area contributed by atoms with Gasteiger partial charge in [0.1, 0.15) is 28.1 Å². The molecule has 0 spiro atoms. The monoisotopic (exact) mass is 458 g/mol. The fraction of sp³-hybridized carbons (Fsp3) is 0.0455. The molecule has 0 fully saturated rings. The molecule has 0 radical (unpaired) electrons. The molecule has 10 heteroatoms. The van der Waals surface area contributed by atoms with Gasteiger partial charge in [0.05, 0.1) is 11.9 Å². The van der Waals surface area contributed by atoms with Crippen molar-refractivity contribution in [3.05, 3.63) is 105 Å². The first kappa shape index (κ1) is 21.4. The lowest BCUT2D eigenvalue weighted by atomic mass is 10.2. The first-order valence-corrected chi connectivity index (χ1v) is 9.64. The van der Waals surface area contributed by atoms with Crippen molar-refractivity contribution in [2.75, 3.05) is 5.32 Å². The van der Waals surface area contributed by atoms with Crippen LogP contribution in [0.3, 0.4) is 0 Å². The smallest absolute Gasteiger partial charge is 0.292 e. The van der Waals surface area contributed by atoms with Gasteiger partial charge in [-0.15, -0.1) is 0 Å². The van der Waals surface area contributed by atoms with Gasteiger partial charge in [-0.3, -0.25) is 4.79 Å². The molecule has 32 heavy (non-hydrogen) atoms. The van der Waals surface area contributed by atoms with E-state index in [1.54, 1.807) is 18.2 Å². The topological polar surface area (TPSA) is 69.0 Å². The second-order valence-electron chi connectivity index (χ2n) is 6.60. The first-order valence-electron chi connectivity index (χ1n) is 9.26. The molecule has 0 aliphatic carbocycles. The number of rotatable bonds is 6. The van der Waals surface area contributed by atoms with E-state index in [0.717, 1.165) is 22.4 Å². The third kappa shape index (κ3) is 4.73. The van der Waals surface area contributed by atoms with Crippen molar-refractivity contribution in [2.24, 2.45) is 0 Å². The maximum Gasteiger partial charge on any atom is 0.292 e. The molecule has 0 saturated heterocycles. The summed E-state index contributed by atoms with van der Waals surface area (Å²) in [5.41, 5.74) is -0.0148. The molecule has 0 saturated carbocycles. The number of pyridine rings is 1. The van der Waals surface area contributed by atoms with Gasteiger partial charge in [0.2, 0.25) is 5.88 Å². The molecule has 1 N–H and O–H groups in total. The SMILES string of the molecule is O=c1c(Cl)c(NCc2ccc(Oc3cccc(F)c3)nc2)cnn1-c1ccc(F)cc1F. The van der Waals surface area contributed by atoms with Crippen LogP contribution in [-0.4, -0.2) is 14.8 Å². The van der Waals surface area contributed by atoms with Gasteiger partial charge in [0, 0.05) is 30.9 Å². The molecule has 0 unspecified atom stereocenters. The average Bonchev–Trinajstić information content (AvgIpc) is 2.76. The highest BCUT2D eigenvalue weighted by Gasteiger charge is 2.14. The van der Waals surface area contributed by atoms with E-state index in [0.29, 0.717) is 11.8 Å². The molecule has 4 rings (SSSR count). The lowest BCUT2D eigenvalue weighted by Crippen LogP contribution is -2.23. The molecule has 0 bridgehead atoms. The molecule has 0 atom stereocenters. The Labute approximate surface area is 184 Å². The Balaban J connectivity index is 1.46. The number of nitrogens with one attached hydrogen (secondary N) is 1. The Bertz CT molecular complexity index is 1330. The van der Waals surface area contributed by atoms with E-state index < -0.39 is 23.0 Å². The zero-order chi connectivity index (χ0) is 22.7. The van der Waals surface area contributed by atoms with Crippen molar-refractivity contribution in [1.29, 1.82) is 0 Å². The van der Waals surface area contributed by atoms with Crippen molar-refractivity contribution in [3.63, 3.8) is 0 Å². The minimum absolute atomic E-state index is 0.206. The summed E-state index contributed by atoms with van der Waals surface area (Å²) in [4.78, 5) is 16.6. The summed E-state index contributed by atoms with van der Waals surface area (Å²) in [7, 11) is 0. The normalized spacial score (nSPS) is 10.8. The minimum Gasteiger partial charge on any atom is -0.439 e. The zero-order valence-electron chi connectivity index (χ0n) is 16.2. The van der Waals surface area contributed by atoms with Crippen molar-refractivity contribution in [3.8, 4) is 17.3 Å². The Kier molecular flexibility index (Phi) is 6.09. The van der Waals surface area contributed by atoms with Crippen molar-refractivity contribution < 1.29 is 17.9 Å². The van der Waals surface area contributed by atoms with Crippen LogP contribution in [0.4, 0.5) is 18.9 Å².